The first-order valence-electron chi connectivity index (χ1n) is 6.87. The third-order valence-corrected chi connectivity index (χ3v) is 2.97. The SMILES string of the molecule is CCCOc1ccccc1OCc1cc(CN)c(C)o1. The summed E-state index contributed by atoms with van der Waals surface area (Å²) in [6.07, 6.45) is 0.964. The maximum Gasteiger partial charge on any atom is 0.161 e. The smallest absolute Gasteiger partial charge is 0.161 e. The van der Waals surface area contributed by atoms with E-state index in [1.165, 1.54) is 0 Å². The Morgan fingerprint density at radius 2 is 1.85 bits per heavy atom. The van der Waals surface area contributed by atoms with Crippen LogP contribution in [0, 0.1) is 6.92 Å². The predicted molar refractivity (Wildman–Crippen MR) is 77.9 cm³/mol. The van der Waals surface area contributed by atoms with Crippen molar-refractivity contribution in [3.05, 3.63) is 47.4 Å². The molecule has 4 nitrogen and oxygen atoms in total. The van der Waals surface area contributed by atoms with Crippen LogP contribution in [0.2, 0.25) is 0 Å². The average Bonchev–Trinajstić information content (AvgIpc) is 2.84. The molecular formula is C16H21NO3. The van der Waals surface area contributed by atoms with E-state index in [0.717, 1.165) is 35.0 Å². The molecule has 0 bridgehead atoms. The number of rotatable bonds is 7. The summed E-state index contributed by atoms with van der Waals surface area (Å²) in [4.78, 5) is 0. The van der Waals surface area contributed by atoms with Gasteiger partial charge in [-0.25, -0.2) is 0 Å². The zero-order valence-corrected chi connectivity index (χ0v) is 12.0. The van der Waals surface area contributed by atoms with Crippen LogP contribution in [0.15, 0.2) is 34.7 Å². The van der Waals surface area contributed by atoms with Gasteiger partial charge in [0.15, 0.2) is 11.5 Å². The van der Waals surface area contributed by atoms with Crippen molar-refractivity contribution < 1.29 is 13.9 Å². The molecule has 108 valence electrons. The molecular weight excluding hydrogens is 254 g/mol. The molecule has 2 N–H and O–H groups in total. The van der Waals surface area contributed by atoms with E-state index >= 15 is 0 Å². The highest BCUT2D eigenvalue weighted by Gasteiger charge is 2.09. The maximum atomic E-state index is 5.77. The van der Waals surface area contributed by atoms with Crippen molar-refractivity contribution in [3.63, 3.8) is 0 Å². The highest BCUT2D eigenvalue weighted by molar-refractivity contribution is 5.39. The molecule has 0 fully saturated rings. The van der Waals surface area contributed by atoms with Crippen LogP contribution in [-0.2, 0) is 13.2 Å². The summed E-state index contributed by atoms with van der Waals surface area (Å²) in [5, 5.41) is 0. The minimum Gasteiger partial charge on any atom is -0.490 e. The van der Waals surface area contributed by atoms with Gasteiger partial charge in [-0.05, 0) is 31.5 Å². The maximum absolute atomic E-state index is 5.77. The van der Waals surface area contributed by atoms with Crippen LogP contribution in [0.1, 0.15) is 30.4 Å². The van der Waals surface area contributed by atoms with Crippen molar-refractivity contribution in [2.24, 2.45) is 5.73 Å². The van der Waals surface area contributed by atoms with Crippen molar-refractivity contribution in [3.8, 4) is 11.5 Å². The van der Waals surface area contributed by atoms with E-state index in [9.17, 15) is 0 Å². The Morgan fingerprint density at radius 1 is 1.15 bits per heavy atom. The summed E-state index contributed by atoms with van der Waals surface area (Å²) in [6, 6.07) is 9.59. The van der Waals surface area contributed by atoms with Crippen LogP contribution in [-0.4, -0.2) is 6.61 Å². The number of furan rings is 1. The molecule has 0 spiro atoms. The van der Waals surface area contributed by atoms with Crippen LogP contribution in [0.4, 0.5) is 0 Å². The summed E-state index contributed by atoms with van der Waals surface area (Å²) in [5.41, 5.74) is 6.64. The molecule has 2 rings (SSSR count). The Kier molecular flexibility index (Phi) is 5.07. The molecule has 0 aliphatic heterocycles. The fourth-order valence-electron chi connectivity index (χ4n) is 1.91. The van der Waals surface area contributed by atoms with Crippen LogP contribution in [0.5, 0.6) is 11.5 Å². The van der Waals surface area contributed by atoms with Gasteiger partial charge in [0.25, 0.3) is 0 Å². The van der Waals surface area contributed by atoms with E-state index in [-0.39, 0.29) is 0 Å². The Labute approximate surface area is 119 Å². The Morgan fingerprint density at radius 3 is 2.45 bits per heavy atom. The average molecular weight is 275 g/mol. The second kappa shape index (κ2) is 7.01. The Bertz CT molecular complexity index is 548. The second-order valence-electron chi connectivity index (χ2n) is 4.58. The topological polar surface area (TPSA) is 57.6 Å². The zero-order valence-electron chi connectivity index (χ0n) is 12.0. The van der Waals surface area contributed by atoms with Gasteiger partial charge in [-0.15, -0.1) is 0 Å². The van der Waals surface area contributed by atoms with Crippen molar-refractivity contribution >= 4 is 0 Å². The first-order chi connectivity index (χ1) is 9.74. The molecule has 0 radical (unpaired) electrons. The third-order valence-electron chi connectivity index (χ3n) is 2.97. The molecule has 0 saturated carbocycles. The molecule has 1 aromatic heterocycles. The quantitative estimate of drug-likeness (QED) is 0.841. The second-order valence-corrected chi connectivity index (χ2v) is 4.58. The van der Waals surface area contributed by atoms with E-state index < -0.39 is 0 Å². The lowest BCUT2D eigenvalue weighted by Crippen LogP contribution is -2.00. The third kappa shape index (κ3) is 3.54. The van der Waals surface area contributed by atoms with Gasteiger partial charge in [0.05, 0.1) is 6.61 Å². The summed E-state index contributed by atoms with van der Waals surface area (Å²) < 4.78 is 17.0. The Balaban J connectivity index is 2.02. The molecule has 20 heavy (non-hydrogen) atoms. The van der Waals surface area contributed by atoms with Gasteiger partial charge in [0, 0.05) is 12.1 Å². The highest BCUT2D eigenvalue weighted by atomic mass is 16.5. The lowest BCUT2D eigenvalue weighted by molar-refractivity contribution is 0.241. The molecule has 1 aromatic carbocycles. The molecule has 1 heterocycles. The highest BCUT2D eigenvalue weighted by Crippen LogP contribution is 2.27. The van der Waals surface area contributed by atoms with Gasteiger partial charge in [-0.3, -0.25) is 0 Å². The van der Waals surface area contributed by atoms with E-state index in [2.05, 4.69) is 6.92 Å². The first kappa shape index (κ1) is 14.5. The first-order valence-corrected chi connectivity index (χ1v) is 6.87. The summed E-state index contributed by atoms with van der Waals surface area (Å²) in [7, 11) is 0. The van der Waals surface area contributed by atoms with Crippen LogP contribution in [0.3, 0.4) is 0 Å². The van der Waals surface area contributed by atoms with E-state index in [1.54, 1.807) is 0 Å². The summed E-state index contributed by atoms with van der Waals surface area (Å²) in [5.74, 6) is 3.11. The molecule has 0 amide bonds. The lowest BCUT2D eigenvalue weighted by Gasteiger charge is -2.11. The predicted octanol–water partition coefficient (Wildman–Crippen LogP) is 3.41. The monoisotopic (exact) mass is 275 g/mol. The van der Waals surface area contributed by atoms with Crippen LogP contribution in [0.25, 0.3) is 0 Å². The Hall–Kier alpha value is -1.94. The van der Waals surface area contributed by atoms with E-state index in [1.807, 2.05) is 37.3 Å². The number of hydrogen-bond acceptors (Lipinski definition) is 4. The molecule has 2 aromatic rings. The van der Waals surface area contributed by atoms with Gasteiger partial charge in [-0.1, -0.05) is 19.1 Å². The molecule has 0 unspecified atom stereocenters. The number of benzene rings is 1. The standard InChI is InChI=1S/C16H21NO3/c1-3-8-18-15-6-4-5-7-16(15)19-11-14-9-13(10-17)12(2)20-14/h4-7,9H,3,8,10-11,17H2,1-2H3. The van der Waals surface area contributed by atoms with Gasteiger partial charge in [-0.2, -0.15) is 0 Å². The molecule has 4 heteroatoms. The molecule has 0 atom stereocenters. The van der Waals surface area contributed by atoms with Crippen molar-refractivity contribution in [2.75, 3.05) is 6.61 Å². The van der Waals surface area contributed by atoms with E-state index in [4.69, 9.17) is 19.6 Å². The minimum atomic E-state index is 0.368. The normalized spacial score (nSPS) is 10.6. The number of nitrogens with two attached hydrogens (primary N) is 1. The van der Waals surface area contributed by atoms with Crippen molar-refractivity contribution in [1.82, 2.24) is 0 Å². The lowest BCUT2D eigenvalue weighted by atomic mass is 10.2. The minimum absolute atomic E-state index is 0.368. The largest absolute Gasteiger partial charge is 0.490 e. The number of para-hydroxylation sites is 2. The molecule has 0 saturated heterocycles. The zero-order chi connectivity index (χ0) is 14.4. The summed E-state index contributed by atoms with van der Waals surface area (Å²) >= 11 is 0. The fourth-order valence-corrected chi connectivity index (χ4v) is 1.91. The van der Waals surface area contributed by atoms with Crippen LogP contribution >= 0.6 is 0 Å². The number of hydrogen-bond donors (Lipinski definition) is 1. The number of ether oxygens (including phenoxy) is 2. The fraction of sp³-hybridized carbons (Fsp3) is 0.375. The van der Waals surface area contributed by atoms with Gasteiger partial charge in [0.1, 0.15) is 18.1 Å². The van der Waals surface area contributed by atoms with Gasteiger partial charge < -0.3 is 19.6 Å². The molecule has 0 aliphatic rings. The molecule has 0 aliphatic carbocycles. The summed E-state index contributed by atoms with van der Waals surface area (Å²) in [6.45, 7) is 5.50. The van der Waals surface area contributed by atoms with Crippen molar-refractivity contribution in [1.29, 1.82) is 0 Å². The van der Waals surface area contributed by atoms with Gasteiger partial charge >= 0.3 is 0 Å². The van der Waals surface area contributed by atoms with Crippen LogP contribution < -0.4 is 15.2 Å². The number of aryl methyl sites for hydroxylation is 1. The van der Waals surface area contributed by atoms with Crippen molar-refractivity contribution in [2.45, 2.75) is 33.4 Å². The van der Waals surface area contributed by atoms with Gasteiger partial charge in [0.2, 0.25) is 0 Å². The van der Waals surface area contributed by atoms with E-state index in [0.29, 0.717) is 19.8 Å².